The maximum atomic E-state index is 12.2. The fraction of sp³-hybridized carbons (Fsp3) is 0.111. The van der Waals surface area contributed by atoms with Crippen molar-refractivity contribution in [1.29, 1.82) is 0 Å². The smallest absolute Gasteiger partial charge is 0.221 e. The second kappa shape index (κ2) is 7.22. The Hall–Kier alpha value is -2.88. The molecule has 0 spiro atoms. The van der Waals surface area contributed by atoms with Gasteiger partial charge in [-0.05, 0) is 35.9 Å². The van der Waals surface area contributed by atoms with Crippen molar-refractivity contribution in [3.63, 3.8) is 0 Å². The number of carbonyl (C=O) groups is 2. The molecule has 4 nitrogen and oxygen atoms in total. The number of ketones is 1. The van der Waals surface area contributed by atoms with E-state index in [2.05, 4.69) is 5.32 Å². The van der Waals surface area contributed by atoms with Crippen LogP contribution >= 0.6 is 0 Å². The molecule has 0 saturated heterocycles. The van der Waals surface area contributed by atoms with Gasteiger partial charge in [0.05, 0.1) is 7.11 Å². The second-order valence-electron chi connectivity index (χ2n) is 4.73. The van der Waals surface area contributed by atoms with Crippen LogP contribution in [0.4, 0.5) is 5.69 Å². The van der Waals surface area contributed by atoms with E-state index in [1.54, 1.807) is 37.5 Å². The van der Waals surface area contributed by atoms with Gasteiger partial charge in [-0.2, -0.15) is 0 Å². The van der Waals surface area contributed by atoms with Crippen molar-refractivity contribution < 1.29 is 14.3 Å². The highest BCUT2D eigenvalue weighted by Crippen LogP contribution is 2.14. The molecular formula is C18H17NO3. The van der Waals surface area contributed by atoms with Crippen LogP contribution in [0.2, 0.25) is 0 Å². The summed E-state index contributed by atoms with van der Waals surface area (Å²) in [4.78, 5) is 23.2. The van der Waals surface area contributed by atoms with Crippen molar-refractivity contribution >= 4 is 23.5 Å². The number of ether oxygens (including phenoxy) is 1. The van der Waals surface area contributed by atoms with E-state index in [4.69, 9.17) is 4.74 Å². The maximum absolute atomic E-state index is 12.2. The molecule has 0 aliphatic rings. The molecule has 2 aromatic rings. The first kappa shape index (κ1) is 15.5. The predicted molar refractivity (Wildman–Crippen MR) is 87.1 cm³/mol. The van der Waals surface area contributed by atoms with Gasteiger partial charge in [-0.3, -0.25) is 9.59 Å². The molecule has 0 aromatic heterocycles. The van der Waals surface area contributed by atoms with Crippen LogP contribution in [0.15, 0.2) is 54.6 Å². The number of carbonyl (C=O) groups excluding carboxylic acids is 2. The highest BCUT2D eigenvalue weighted by atomic mass is 16.5. The highest BCUT2D eigenvalue weighted by molar-refractivity contribution is 6.07. The first-order valence-corrected chi connectivity index (χ1v) is 6.82. The molecule has 2 rings (SSSR count). The van der Waals surface area contributed by atoms with E-state index in [1.807, 2.05) is 24.3 Å². The third-order valence-corrected chi connectivity index (χ3v) is 3.01. The molecule has 0 heterocycles. The molecule has 22 heavy (non-hydrogen) atoms. The van der Waals surface area contributed by atoms with Gasteiger partial charge in [-0.25, -0.2) is 0 Å². The van der Waals surface area contributed by atoms with E-state index in [0.717, 1.165) is 11.3 Å². The van der Waals surface area contributed by atoms with Gasteiger partial charge in [0.15, 0.2) is 5.78 Å². The number of amides is 1. The Morgan fingerprint density at radius 2 is 1.82 bits per heavy atom. The monoisotopic (exact) mass is 295 g/mol. The Bertz CT molecular complexity index is 703. The van der Waals surface area contributed by atoms with E-state index in [0.29, 0.717) is 11.3 Å². The number of rotatable bonds is 5. The quantitative estimate of drug-likeness (QED) is 0.678. The number of hydrogen-bond acceptors (Lipinski definition) is 3. The largest absolute Gasteiger partial charge is 0.497 e. The van der Waals surface area contributed by atoms with Crippen LogP contribution in [0.1, 0.15) is 22.8 Å². The number of anilines is 1. The lowest BCUT2D eigenvalue weighted by Crippen LogP contribution is -2.06. The molecule has 112 valence electrons. The summed E-state index contributed by atoms with van der Waals surface area (Å²) in [6, 6.07) is 14.3. The van der Waals surface area contributed by atoms with Crippen molar-refractivity contribution in [2.75, 3.05) is 12.4 Å². The van der Waals surface area contributed by atoms with Gasteiger partial charge in [0.1, 0.15) is 5.75 Å². The topological polar surface area (TPSA) is 55.4 Å². The predicted octanol–water partition coefficient (Wildman–Crippen LogP) is 3.55. The zero-order valence-electron chi connectivity index (χ0n) is 12.5. The lowest BCUT2D eigenvalue weighted by molar-refractivity contribution is -0.114. The zero-order chi connectivity index (χ0) is 15.9. The minimum absolute atomic E-state index is 0.122. The molecule has 0 saturated carbocycles. The lowest BCUT2D eigenvalue weighted by Gasteiger charge is -2.03. The van der Waals surface area contributed by atoms with Crippen LogP contribution in [0, 0.1) is 0 Å². The Morgan fingerprint density at radius 1 is 1.09 bits per heavy atom. The number of allylic oxidation sites excluding steroid dienone is 1. The Morgan fingerprint density at radius 3 is 2.45 bits per heavy atom. The summed E-state index contributed by atoms with van der Waals surface area (Å²) in [5, 5.41) is 2.66. The maximum Gasteiger partial charge on any atom is 0.221 e. The van der Waals surface area contributed by atoms with Crippen molar-refractivity contribution in [3.05, 3.63) is 65.7 Å². The van der Waals surface area contributed by atoms with Gasteiger partial charge in [0.2, 0.25) is 5.91 Å². The second-order valence-corrected chi connectivity index (χ2v) is 4.73. The van der Waals surface area contributed by atoms with Crippen LogP contribution in [-0.2, 0) is 4.79 Å². The van der Waals surface area contributed by atoms with Crippen LogP contribution < -0.4 is 10.1 Å². The Balaban J connectivity index is 2.10. The summed E-state index contributed by atoms with van der Waals surface area (Å²) in [6.45, 7) is 1.43. The molecular weight excluding hydrogens is 278 g/mol. The van der Waals surface area contributed by atoms with Crippen LogP contribution in [-0.4, -0.2) is 18.8 Å². The molecule has 0 atom stereocenters. The molecule has 0 unspecified atom stereocenters. The molecule has 1 amide bonds. The fourth-order valence-corrected chi connectivity index (χ4v) is 1.94. The van der Waals surface area contributed by atoms with Crippen LogP contribution in [0.25, 0.3) is 6.08 Å². The number of hydrogen-bond donors (Lipinski definition) is 1. The van der Waals surface area contributed by atoms with Gasteiger partial charge >= 0.3 is 0 Å². The van der Waals surface area contributed by atoms with Gasteiger partial charge in [0.25, 0.3) is 0 Å². The summed E-state index contributed by atoms with van der Waals surface area (Å²) in [5.74, 6) is 0.480. The summed E-state index contributed by atoms with van der Waals surface area (Å²) in [5.41, 5.74) is 2.04. The number of benzene rings is 2. The first-order valence-electron chi connectivity index (χ1n) is 6.82. The van der Waals surface area contributed by atoms with Gasteiger partial charge in [-0.15, -0.1) is 0 Å². The van der Waals surface area contributed by atoms with E-state index in [1.165, 1.54) is 13.0 Å². The van der Waals surface area contributed by atoms with Gasteiger partial charge in [-0.1, -0.05) is 30.3 Å². The minimum Gasteiger partial charge on any atom is -0.497 e. The fourth-order valence-electron chi connectivity index (χ4n) is 1.94. The lowest BCUT2D eigenvalue weighted by atomic mass is 10.1. The summed E-state index contributed by atoms with van der Waals surface area (Å²) in [6.07, 6.45) is 3.25. The molecule has 4 heteroatoms. The molecule has 0 radical (unpaired) electrons. The standard InChI is InChI=1S/C18H17NO3/c1-13(20)19-16-5-3-4-15(12-16)18(21)11-8-14-6-9-17(22-2)10-7-14/h3-12H,1-2H3,(H,19,20). The Kier molecular flexibility index (Phi) is 5.09. The SMILES string of the molecule is COc1ccc(C=CC(=O)c2cccc(NC(C)=O)c2)cc1. The molecule has 0 fully saturated rings. The third kappa shape index (κ3) is 4.31. The minimum atomic E-state index is -0.168. The molecule has 0 aliphatic heterocycles. The van der Waals surface area contributed by atoms with Crippen molar-refractivity contribution in [2.24, 2.45) is 0 Å². The number of methoxy groups -OCH3 is 1. The van der Waals surface area contributed by atoms with E-state index < -0.39 is 0 Å². The molecule has 0 bridgehead atoms. The summed E-state index contributed by atoms with van der Waals surface area (Å²) >= 11 is 0. The van der Waals surface area contributed by atoms with Crippen molar-refractivity contribution in [3.8, 4) is 5.75 Å². The summed E-state index contributed by atoms with van der Waals surface area (Å²) < 4.78 is 5.08. The average molecular weight is 295 g/mol. The van der Waals surface area contributed by atoms with E-state index >= 15 is 0 Å². The molecule has 2 aromatic carbocycles. The van der Waals surface area contributed by atoms with Gasteiger partial charge in [0, 0.05) is 18.2 Å². The van der Waals surface area contributed by atoms with Crippen molar-refractivity contribution in [1.82, 2.24) is 0 Å². The highest BCUT2D eigenvalue weighted by Gasteiger charge is 2.03. The van der Waals surface area contributed by atoms with Crippen molar-refractivity contribution in [2.45, 2.75) is 6.92 Å². The number of nitrogens with one attached hydrogen (secondary N) is 1. The zero-order valence-corrected chi connectivity index (χ0v) is 12.5. The first-order chi connectivity index (χ1) is 10.6. The Labute approximate surface area is 129 Å². The van der Waals surface area contributed by atoms with E-state index in [9.17, 15) is 9.59 Å². The summed E-state index contributed by atoms with van der Waals surface area (Å²) in [7, 11) is 1.61. The van der Waals surface area contributed by atoms with Crippen LogP contribution in [0.3, 0.4) is 0 Å². The molecule has 1 N–H and O–H groups in total. The van der Waals surface area contributed by atoms with E-state index in [-0.39, 0.29) is 11.7 Å². The third-order valence-electron chi connectivity index (χ3n) is 3.01. The molecule has 0 aliphatic carbocycles. The van der Waals surface area contributed by atoms with Gasteiger partial charge < -0.3 is 10.1 Å². The average Bonchev–Trinajstić information content (AvgIpc) is 2.52. The van der Waals surface area contributed by atoms with Crippen LogP contribution in [0.5, 0.6) is 5.75 Å². The normalized spacial score (nSPS) is 10.5.